The van der Waals surface area contributed by atoms with E-state index in [9.17, 15) is 15.3 Å². The van der Waals surface area contributed by atoms with Gasteiger partial charge in [-0.15, -0.1) is 0 Å². The van der Waals surface area contributed by atoms with Crippen molar-refractivity contribution in [2.75, 3.05) is 19.7 Å². The quantitative estimate of drug-likeness (QED) is 0.353. The van der Waals surface area contributed by atoms with Gasteiger partial charge in [0.15, 0.2) is 6.29 Å². The molecule has 1 saturated heterocycles. The van der Waals surface area contributed by atoms with Crippen molar-refractivity contribution in [3.8, 4) is 0 Å². The first-order valence-corrected chi connectivity index (χ1v) is 13.0. The van der Waals surface area contributed by atoms with Crippen molar-refractivity contribution < 1.29 is 20.1 Å². The number of hydrogen-bond donors (Lipinski definition) is 3. The normalized spacial score (nSPS) is 18.5. The highest BCUT2D eigenvalue weighted by atomic mass is 35.5. The van der Waals surface area contributed by atoms with E-state index in [-0.39, 0.29) is 19.1 Å². The molecule has 1 heterocycles. The number of halogens is 2. The summed E-state index contributed by atoms with van der Waals surface area (Å²) in [5.41, 5.74) is 4.35. The lowest BCUT2D eigenvalue weighted by Crippen LogP contribution is -2.39. The largest absolute Gasteiger partial charge is 0.389 e. The van der Waals surface area contributed by atoms with Gasteiger partial charge in [0.05, 0.1) is 18.8 Å². The first-order valence-electron chi connectivity index (χ1n) is 12.2. The van der Waals surface area contributed by atoms with Crippen LogP contribution in [-0.2, 0) is 24.0 Å². The lowest BCUT2D eigenvalue weighted by atomic mass is 9.99. The fourth-order valence-electron chi connectivity index (χ4n) is 4.81. The Morgan fingerprint density at radius 1 is 1.09 bits per heavy atom. The summed E-state index contributed by atoms with van der Waals surface area (Å²) < 4.78 is 6.03. The lowest BCUT2D eigenvalue weighted by Gasteiger charge is -2.28. The summed E-state index contributed by atoms with van der Waals surface area (Å²) in [5.74, 6) is 0. The van der Waals surface area contributed by atoms with Crippen LogP contribution in [0.5, 0.6) is 0 Å². The molecular formula is C27H37Cl2NO4. The molecule has 2 unspecified atom stereocenters. The van der Waals surface area contributed by atoms with Crippen LogP contribution in [0.25, 0.3) is 0 Å². The maximum Gasteiger partial charge on any atom is 0.151 e. The zero-order valence-corrected chi connectivity index (χ0v) is 21.6. The Labute approximate surface area is 213 Å². The molecule has 1 aliphatic rings. The molecule has 5 nitrogen and oxygen atoms in total. The van der Waals surface area contributed by atoms with Crippen molar-refractivity contribution in [1.82, 2.24) is 4.90 Å². The lowest BCUT2D eigenvalue weighted by molar-refractivity contribution is -0.0450. The minimum Gasteiger partial charge on any atom is -0.389 e. The minimum absolute atomic E-state index is 0.229. The molecule has 34 heavy (non-hydrogen) atoms. The van der Waals surface area contributed by atoms with E-state index in [1.165, 1.54) is 11.1 Å². The van der Waals surface area contributed by atoms with Gasteiger partial charge in [0.1, 0.15) is 0 Å². The molecule has 188 valence electrons. The fourth-order valence-corrected chi connectivity index (χ4v) is 5.25. The first kappa shape index (κ1) is 27.4. The molecule has 2 aromatic rings. The van der Waals surface area contributed by atoms with Crippen LogP contribution < -0.4 is 0 Å². The van der Waals surface area contributed by atoms with Crippen molar-refractivity contribution in [3.05, 3.63) is 68.7 Å². The molecule has 0 bridgehead atoms. The topological polar surface area (TPSA) is 73.2 Å². The van der Waals surface area contributed by atoms with E-state index >= 15 is 0 Å². The second kappa shape index (κ2) is 13.2. The van der Waals surface area contributed by atoms with Crippen LogP contribution in [0.3, 0.4) is 0 Å². The zero-order valence-electron chi connectivity index (χ0n) is 20.1. The zero-order chi connectivity index (χ0) is 24.7. The first-order chi connectivity index (χ1) is 16.3. The Bertz CT molecular complexity index is 923. The van der Waals surface area contributed by atoms with Crippen molar-refractivity contribution in [1.29, 1.82) is 0 Å². The van der Waals surface area contributed by atoms with E-state index in [4.69, 9.17) is 27.9 Å². The van der Waals surface area contributed by atoms with E-state index in [1.54, 1.807) is 0 Å². The van der Waals surface area contributed by atoms with Gasteiger partial charge in [-0.3, -0.25) is 4.90 Å². The summed E-state index contributed by atoms with van der Waals surface area (Å²) in [6.45, 7) is 5.86. The number of rotatable bonds is 12. The minimum atomic E-state index is -1.36. The van der Waals surface area contributed by atoms with E-state index in [1.807, 2.05) is 31.2 Å². The average Bonchev–Trinajstić information content (AvgIpc) is 3.23. The van der Waals surface area contributed by atoms with Gasteiger partial charge in [-0.2, -0.15) is 0 Å². The number of aryl methyl sites for hydroxylation is 2. The van der Waals surface area contributed by atoms with Gasteiger partial charge >= 0.3 is 0 Å². The molecule has 1 fully saturated rings. The van der Waals surface area contributed by atoms with Crippen molar-refractivity contribution in [2.45, 2.75) is 76.9 Å². The standard InChI is InChI=1S/C27H37Cl2NO4/c1-3-20-13-19(6-10-26(20)29)14-23-5-4-12-30(23)16-24(31)17-34-18(2)25-9-8-22(28)15-21(25)7-11-27(32)33/h6,8-10,13,15,18,23-24,27,31-33H,3-5,7,11-12,14,16-17H2,1-2H3/t18?,23-,24?/m0/s1. The number of benzene rings is 2. The van der Waals surface area contributed by atoms with E-state index in [0.29, 0.717) is 24.0 Å². The van der Waals surface area contributed by atoms with Gasteiger partial charge in [0, 0.05) is 29.1 Å². The number of aliphatic hydroxyl groups excluding tert-OH is 2. The molecule has 0 aromatic heterocycles. The SMILES string of the molecule is CCc1cc(C[C@@H]2CCCN2CC(O)COC(C)c2ccc(Cl)cc2CCC(O)O)ccc1Cl. The second-order valence-electron chi connectivity index (χ2n) is 9.27. The van der Waals surface area contributed by atoms with Gasteiger partial charge in [0.2, 0.25) is 0 Å². The van der Waals surface area contributed by atoms with Crippen LogP contribution in [0.15, 0.2) is 36.4 Å². The van der Waals surface area contributed by atoms with Crippen LogP contribution >= 0.6 is 23.2 Å². The van der Waals surface area contributed by atoms with Gasteiger partial charge in [0.25, 0.3) is 0 Å². The maximum absolute atomic E-state index is 10.7. The molecule has 0 aliphatic carbocycles. The van der Waals surface area contributed by atoms with Crippen LogP contribution in [0.4, 0.5) is 0 Å². The summed E-state index contributed by atoms with van der Waals surface area (Å²) in [4.78, 5) is 2.37. The van der Waals surface area contributed by atoms with Crippen LogP contribution in [-0.4, -0.2) is 58.4 Å². The number of likely N-dealkylation sites (tertiary alicyclic amines) is 1. The molecule has 2 aromatic carbocycles. The van der Waals surface area contributed by atoms with Gasteiger partial charge < -0.3 is 20.1 Å². The monoisotopic (exact) mass is 509 g/mol. The highest BCUT2D eigenvalue weighted by molar-refractivity contribution is 6.31. The van der Waals surface area contributed by atoms with Gasteiger partial charge in [-0.1, -0.05) is 48.3 Å². The van der Waals surface area contributed by atoms with Crippen LogP contribution in [0.1, 0.15) is 61.5 Å². The molecule has 3 N–H and O–H groups in total. The Morgan fingerprint density at radius 3 is 2.62 bits per heavy atom. The Morgan fingerprint density at radius 2 is 1.88 bits per heavy atom. The number of nitrogens with zero attached hydrogens (tertiary/aromatic N) is 1. The fraction of sp³-hybridized carbons (Fsp3) is 0.556. The van der Waals surface area contributed by atoms with Gasteiger partial charge in [-0.05, 0) is 86.0 Å². The van der Waals surface area contributed by atoms with Crippen molar-refractivity contribution in [3.63, 3.8) is 0 Å². The third-order valence-electron chi connectivity index (χ3n) is 6.66. The molecule has 0 spiro atoms. The summed E-state index contributed by atoms with van der Waals surface area (Å²) in [6, 6.07) is 12.3. The number of β-amino-alcohol motifs (C(OH)–C–C–N with tert-alkyl or cyclic N) is 1. The molecular weight excluding hydrogens is 473 g/mol. The van der Waals surface area contributed by atoms with Gasteiger partial charge in [-0.25, -0.2) is 0 Å². The van der Waals surface area contributed by atoms with Crippen LogP contribution in [0.2, 0.25) is 10.0 Å². The Balaban J connectivity index is 1.53. The predicted molar refractivity (Wildman–Crippen MR) is 138 cm³/mol. The third-order valence-corrected chi connectivity index (χ3v) is 7.26. The van der Waals surface area contributed by atoms with E-state index < -0.39 is 12.4 Å². The van der Waals surface area contributed by atoms with Crippen molar-refractivity contribution in [2.24, 2.45) is 0 Å². The summed E-state index contributed by atoms with van der Waals surface area (Å²) in [5, 5.41) is 30.6. The number of hydrogen-bond acceptors (Lipinski definition) is 5. The highest BCUT2D eigenvalue weighted by Crippen LogP contribution is 2.27. The molecule has 3 rings (SSSR count). The molecule has 1 aliphatic heterocycles. The van der Waals surface area contributed by atoms with Crippen LogP contribution in [0, 0.1) is 0 Å². The molecule has 0 saturated carbocycles. The number of ether oxygens (including phenoxy) is 1. The number of aliphatic hydroxyl groups is 3. The molecule has 7 heteroatoms. The summed E-state index contributed by atoms with van der Waals surface area (Å²) >= 11 is 12.4. The molecule has 0 radical (unpaired) electrons. The van der Waals surface area contributed by atoms with E-state index in [0.717, 1.165) is 48.4 Å². The summed E-state index contributed by atoms with van der Waals surface area (Å²) in [7, 11) is 0. The smallest absolute Gasteiger partial charge is 0.151 e. The second-order valence-corrected chi connectivity index (χ2v) is 10.1. The average molecular weight is 511 g/mol. The Hall–Kier alpha value is -1.18. The molecule has 0 amide bonds. The molecule has 3 atom stereocenters. The third kappa shape index (κ3) is 7.92. The van der Waals surface area contributed by atoms with E-state index in [2.05, 4.69) is 24.0 Å². The predicted octanol–water partition coefficient (Wildman–Crippen LogP) is 4.94. The Kier molecular flexibility index (Phi) is 10.7. The summed E-state index contributed by atoms with van der Waals surface area (Å²) in [6.07, 6.45) is 2.66. The van der Waals surface area contributed by atoms with Crippen molar-refractivity contribution >= 4 is 23.2 Å². The highest BCUT2D eigenvalue weighted by Gasteiger charge is 2.27. The maximum atomic E-state index is 10.7.